The van der Waals surface area contributed by atoms with E-state index in [1.165, 1.54) is 5.56 Å². The van der Waals surface area contributed by atoms with Crippen molar-refractivity contribution in [2.45, 2.75) is 45.5 Å². The number of likely N-dealkylation sites (N-methyl/N-ethyl adjacent to an activating group) is 1. The second kappa shape index (κ2) is 11.5. The number of hydrogen-bond acceptors (Lipinski definition) is 3. The van der Waals surface area contributed by atoms with Gasteiger partial charge in [-0.1, -0.05) is 67.1 Å². The van der Waals surface area contributed by atoms with Crippen LogP contribution in [0.5, 0.6) is 0 Å². The summed E-state index contributed by atoms with van der Waals surface area (Å²) in [5.41, 5.74) is 3.39. The summed E-state index contributed by atoms with van der Waals surface area (Å²) in [4.78, 5) is 27.4. The van der Waals surface area contributed by atoms with E-state index in [9.17, 15) is 9.59 Å². The molecule has 2 rings (SSSR count). The third kappa shape index (κ3) is 6.71. The van der Waals surface area contributed by atoms with Gasteiger partial charge in [0.05, 0.1) is 5.75 Å². The molecule has 0 radical (unpaired) electrons. The van der Waals surface area contributed by atoms with Gasteiger partial charge < -0.3 is 10.2 Å². The highest BCUT2D eigenvalue weighted by Gasteiger charge is 2.28. The Labute approximate surface area is 172 Å². The molecule has 0 aromatic heterocycles. The normalized spacial score (nSPS) is 11.7. The van der Waals surface area contributed by atoms with Gasteiger partial charge in [0, 0.05) is 18.8 Å². The Morgan fingerprint density at radius 2 is 1.75 bits per heavy atom. The van der Waals surface area contributed by atoms with Crippen LogP contribution in [0.3, 0.4) is 0 Å². The quantitative estimate of drug-likeness (QED) is 0.653. The molecule has 4 nitrogen and oxygen atoms in total. The molecule has 2 aromatic carbocycles. The molecule has 2 amide bonds. The largest absolute Gasteiger partial charge is 0.355 e. The van der Waals surface area contributed by atoms with E-state index in [2.05, 4.69) is 23.5 Å². The van der Waals surface area contributed by atoms with Crippen molar-refractivity contribution in [3.8, 4) is 0 Å². The number of benzene rings is 2. The van der Waals surface area contributed by atoms with Gasteiger partial charge in [-0.05, 0) is 31.4 Å². The maximum atomic E-state index is 13.1. The van der Waals surface area contributed by atoms with Gasteiger partial charge in [0.25, 0.3) is 0 Å². The average molecular weight is 399 g/mol. The van der Waals surface area contributed by atoms with E-state index in [0.29, 0.717) is 25.3 Å². The van der Waals surface area contributed by atoms with Crippen molar-refractivity contribution in [2.24, 2.45) is 0 Å². The first-order valence-corrected chi connectivity index (χ1v) is 10.9. The van der Waals surface area contributed by atoms with Crippen molar-refractivity contribution in [1.82, 2.24) is 10.2 Å². The van der Waals surface area contributed by atoms with Crippen molar-refractivity contribution in [3.05, 3.63) is 71.3 Å². The number of nitrogens with one attached hydrogen (secondary N) is 1. The maximum absolute atomic E-state index is 13.1. The molecule has 1 N–H and O–H groups in total. The van der Waals surface area contributed by atoms with Crippen LogP contribution < -0.4 is 5.32 Å². The van der Waals surface area contributed by atoms with E-state index in [1.54, 1.807) is 16.7 Å². The number of hydrogen-bond donors (Lipinski definition) is 1. The minimum Gasteiger partial charge on any atom is -0.355 e. The lowest BCUT2D eigenvalue weighted by Gasteiger charge is -2.30. The predicted octanol–water partition coefficient (Wildman–Crippen LogP) is 4.17. The molecule has 28 heavy (non-hydrogen) atoms. The molecule has 5 heteroatoms. The number of thioether (sulfide) groups is 1. The molecule has 0 unspecified atom stereocenters. The van der Waals surface area contributed by atoms with E-state index in [-0.39, 0.29) is 11.8 Å². The van der Waals surface area contributed by atoms with Crippen LogP contribution >= 0.6 is 11.8 Å². The molecule has 0 aliphatic heterocycles. The summed E-state index contributed by atoms with van der Waals surface area (Å²) in [5.74, 6) is 1.05. The topological polar surface area (TPSA) is 49.4 Å². The molecule has 0 saturated heterocycles. The molecular formula is C23H30N2O2S. The van der Waals surface area contributed by atoms with E-state index in [1.807, 2.05) is 57.2 Å². The fourth-order valence-electron chi connectivity index (χ4n) is 3.13. The van der Waals surface area contributed by atoms with Crippen molar-refractivity contribution in [1.29, 1.82) is 0 Å². The van der Waals surface area contributed by atoms with Crippen molar-refractivity contribution >= 4 is 23.6 Å². The summed E-state index contributed by atoms with van der Waals surface area (Å²) in [6, 6.07) is 17.8. The molecule has 0 fully saturated rings. The van der Waals surface area contributed by atoms with Crippen LogP contribution in [0.4, 0.5) is 0 Å². The van der Waals surface area contributed by atoms with Crippen LogP contribution in [0.25, 0.3) is 0 Å². The fourth-order valence-corrected chi connectivity index (χ4v) is 4.00. The Bertz CT molecular complexity index is 764. The third-order valence-electron chi connectivity index (χ3n) is 4.51. The number of rotatable bonds is 10. The Balaban J connectivity index is 2.11. The van der Waals surface area contributed by atoms with Crippen molar-refractivity contribution in [2.75, 3.05) is 12.3 Å². The molecule has 0 aliphatic rings. The molecule has 0 heterocycles. The number of carbonyl (C=O) groups is 2. The van der Waals surface area contributed by atoms with Crippen molar-refractivity contribution < 1.29 is 9.59 Å². The number of amides is 2. The SMILES string of the molecule is CCNC(=O)[C@H](CC)N(Cc1cccc(C)c1)C(=O)CSCc1ccccc1. The van der Waals surface area contributed by atoms with E-state index in [4.69, 9.17) is 0 Å². The van der Waals surface area contributed by atoms with E-state index < -0.39 is 6.04 Å². The zero-order chi connectivity index (χ0) is 20.4. The monoisotopic (exact) mass is 398 g/mol. The van der Waals surface area contributed by atoms with Crippen molar-refractivity contribution in [3.63, 3.8) is 0 Å². The second-order valence-corrected chi connectivity index (χ2v) is 7.79. The van der Waals surface area contributed by atoms with Gasteiger partial charge in [-0.2, -0.15) is 0 Å². The van der Waals surface area contributed by atoms with Gasteiger partial charge in [-0.3, -0.25) is 9.59 Å². The zero-order valence-electron chi connectivity index (χ0n) is 17.0. The summed E-state index contributed by atoms with van der Waals surface area (Å²) in [7, 11) is 0. The third-order valence-corrected chi connectivity index (χ3v) is 5.50. The Morgan fingerprint density at radius 3 is 2.39 bits per heavy atom. The summed E-state index contributed by atoms with van der Waals surface area (Å²) >= 11 is 1.59. The molecule has 0 aliphatic carbocycles. The lowest BCUT2D eigenvalue weighted by Crippen LogP contribution is -2.49. The molecule has 0 saturated carbocycles. The van der Waals surface area contributed by atoms with Crippen LogP contribution in [-0.4, -0.2) is 35.1 Å². The first kappa shape index (κ1) is 22.0. The molecule has 2 aromatic rings. The molecule has 1 atom stereocenters. The second-order valence-electron chi connectivity index (χ2n) is 6.81. The van der Waals surface area contributed by atoms with Gasteiger partial charge >= 0.3 is 0 Å². The minimum atomic E-state index is -0.453. The van der Waals surface area contributed by atoms with Gasteiger partial charge in [0.1, 0.15) is 6.04 Å². The highest BCUT2D eigenvalue weighted by molar-refractivity contribution is 7.99. The van der Waals surface area contributed by atoms with Gasteiger partial charge in [0.15, 0.2) is 0 Å². The first-order valence-electron chi connectivity index (χ1n) is 9.79. The summed E-state index contributed by atoms with van der Waals surface area (Å²) in [6.45, 7) is 6.89. The molecule has 150 valence electrons. The Morgan fingerprint density at radius 1 is 1.04 bits per heavy atom. The summed E-state index contributed by atoms with van der Waals surface area (Å²) in [5, 5.41) is 2.87. The first-order chi connectivity index (χ1) is 13.5. The van der Waals surface area contributed by atoms with Crippen LogP contribution in [0.1, 0.15) is 37.0 Å². The van der Waals surface area contributed by atoms with Gasteiger partial charge in [0.2, 0.25) is 11.8 Å². The highest BCUT2D eigenvalue weighted by Crippen LogP contribution is 2.17. The number of aryl methyl sites for hydroxylation is 1. The predicted molar refractivity (Wildman–Crippen MR) is 117 cm³/mol. The molecular weight excluding hydrogens is 368 g/mol. The fraction of sp³-hybridized carbons (Fsp3) is 0.391. The Hall–Kier alpha value is -2.27. The lowest BCUT2D eigenvalue weighted by atomic mass is 10.1. The van der Waals surface area contributed by atoms with Gasteiger partial charge in [-0.25, -0.2) is 0 Å². The van der Waals surface area contributed by atoms with Gasteiger partial charge in [-0.15, -0.1) is 11.8 Å². The summed E-state index contributed by atoms with van der Waals surface area (Å²) in [6.07, 6.45) is 0.590. The smallest absolute Gasteiger partial charge is 0.242 e. The summed E-state index contributed by atoms with van der Waals surface area (Å²) < 4.78 is 0. The lowest BCUT2D eigenvalue weighted by molar-refractivity contribution is -0.139. The number of carbonyl (C=O) groups excluding carboxylic acids is 2. The van der Waals surface area contributed by atoms with Crippen LogP contribution in [0, 0.1) is 6.92 Å². The van der Waals surface area contributed by atoms with E-state index >= 15 is 0 Å². The average Bonchev–Trinajstić information content (AvgIpc) is 2.69. The Kier molecular flexibility index (Phi) is 9.08. The van der Waals surface area contributed by atoms with Crippen LogP contribution in [0.15, 0.2) is 54.6 Å². The van der Waals surface area contributed by atoms with Crippen LogP contribution in [0.2, 0.25) is 0 Å². The maximum Gasteiger partial charge on any atom is 0.242 e. The van der Waals surface area contributed by atoms with Crippen LogP contribution in [-0.2, 0) is 21.9 Å². The standard InChI is InChI=1S/C23H30N2O2S/c1-4-21(23(27)24-5-2)25(15-20-13-9-10-18(3)14-20)22(26)17-28-16-19-11-7-6-8-12-19/h6-14,21H,4-5,15-17H2,1-3H3,(H,24,27)/t21-/m0/s1. The number of nitrogens with zero attached hydrogens (tertiary/aromatic N) is 1. The van der Waals surface area contributed by atoms with E-state index in [0.717, 1.165) is 16.9 Å². The molecule has 0 spiro atoms. The minimum absolute atomic E-state index is 0.000500. The zero-order valence-corrected chi connectivity index (χ0v) is 17.8. The molecule has 0 bridgehead atoms. The highest BCUT2D eigenvalue weighted by atomic mass is 32.2.